The maximum Gasteiger partial charge on any atom is 0.265 e. The standard InChI is InChI=1S/C11H14N4O4S/c12-14-11(17)7-1-3-8(4-2-7)15-6-9(5-10(15)16)20(13,18)19/h1-4,9H,5-6,12H2,(H,14,17)(H2,13,18,19). The van der Waals surface area contributed by atoms with Gasteiger partial charge in [-0.2, -0.15) is 0 Å². The first-order valence-corrected chi connectivity index (χ1v) is 7.37. The first kappa shape index (κ1) is 14.4. The lowest BCUT2D eigenvalue weighted by Crippen LogP contribution is -2.32. The Morgan fingerprint density at radius 3 is 2.35 bits per heavy atom. The summed E-state index contributed by atoms with van der Waals surface area (Å²) in [5.74, 6) is 4.24. The average Bonchev–Trinajstić information content (AvgIpc) is 2.80. The number of hydrogen-bond donors (Lipinski definition) is 3. The summed E-state index contributed by atoms with van der Waals surface area (Å²) in [4.78, 5) is 24.4. The van der Waals surface area contributed by atoms with Crippen molar-refractivity contribution in [3.05, 3.63) is 29.8 Å². The van der Waals surface area contributed by atoms with Crippen molar-refractivity contribution >= 4 is 27.5 Å². The number of amides is 2. The molecule has 20 heavy (non-hydrogen) atoms. The third-order valence-electron chi connectivity index (χ3n) is 3.13. The Bertz CT molecular complexity index is 641. The minimum Gasteiger partial charge on any atom is -0.311 e. The number of nitrogens with zero attached hydrogens (tertiary/aromatic N) is 1. The molecule has 0 radical (unpaired) electrons. The second-order valence-electron chi connectivity index (χ2n) is 4.44. The lowest BCUT2D eigenvalue weighted by Gasteiger charge is -2.16. The maximum atomic E-state index is 11.8. The third-order valence-corrected chi connectivity index (χ3v) is 4.37. The Morgan fingerprint density at radius 1 is 1.30 bits per heavy atom. The Labute approximate surface area is 115 Å². The van der Waals surface area contributed by atoms with Gasteiger partial charge < -0.3 is 4.90 Å². The van der Waals surface area contributed by atoms with Gasteiger partial charge in [-0.1, -0.05) is 0 Å². The molecule has 8 nitrogen and oxygen atoms in total. The predicted molar refractivity (Wildman–Crippen MR) is 72.0 cm³/mol. The maximum absolute atomic E-state index is 11.8. The number of benzene rings is 1. The van der Waals surface area contributed by atoms with E-state index in [4.69, 9.17) is 11.0 Å². The van der Waals surface area contributed by atoms with Crippen LogP contribution in [-0.4, -0.2) is 32.0 Å². The summed E-state index contributed by atoms with van der Waals surface area (Å²) in [6, 6.07) is 6.09. The summed E-state index contributed by atoms with van der Waals surface area (Å²) < 4.78 is 22.5. The minimum atomic E-state index is -3.75. The number of carbonyl (C=O) groups excluding carboxylic acids is 2. The molecule has 1 fully saturated rings. The van der Waals surface area contributed by atoms with Crippen LogP contribution >= 0.6 is 0 Å². The zero-order chi connectivity index (χ0) is 14.9. The topological polar surface area (TPSA) is 136 Å². The number of anilines is 1. The Hall–Kier alpha value is -1.97. The van der Waals surface area contributed by atoms with Crippen LogP contribution in [0.4, 0.5) is 5.69 Å². The number of hydrogen-bond acceptors (Lipinski definition) is 5. The molecule has 2 rings (SSSR count). The first-order valence-electron chi connectivity index (χ1n) is 5.76. The van der Waals surface area contributed by atoms with E-state index < -0.39 is 21.2 Å². The van der Waals surface area contributed by atoms with Gasteiger partial charge in [0.25, 0.3) is 5.91 Å². The van der Waals surface area contributed by atoms with Gasteiger partial charge in [-0.05, 0) is 24.3 Å². The van der Waals surface area contributed by atoms with Crippen LogP contribution in [0, 0.1) is 0 Å². The van der Waals surface area contributed by atoms with E-state index in [0.29, 0.717) is 11.3 Å². The molecule has 2 amide bonds. The summed E-state index contributed by atoms with van der Waals surface area (Å²) in [6.45, 7) is 0.0140. The molecular formula is C11H14N4O4S. The summed E-state index contributed by atoms with van der Waals surface area (Å²) in [6.07, 6.45) is -0.135. The lowest BCUT2D eigenvalue weighted by atomic mass is 10.2. The zero-order valence-corrected chi connectivity index (χ0v) is 11.3. The fourth-order valence-electron chi connectivity index (χ4n) is 2.02. The van der Waals surface area contributed by atoms with Gasteiger partial charge in [0, 0.05) is 24.2 Å². The van der Waals surface area contributed by atoms with Crippen molar-refractivity contribution in [3.8, 4) is 0 Å². The van der Waals surface area contributed by atoms with Gasteiger partial charge in [0.15, 0.2) is 0 Å². The van der Waals surface area contributed by atoms with Gasteiger partial charge in [-0.25, -0.2) is 19.4 Å². The molecule has 1 saturated heterocycles. The highest BCUT2D eigenvalue weighted by Crippen LogP contribution is 2.24. The van der Waals surface area contributed by atoms with E-state index in [-0.39, 0.29) is 18.9 Å². The number of nitrogens with one attached hydrogen (secondary N) is 1. The van der Waals surface area contributed by atoms with Gasteiger partial charge in [0.2, 0.25) is 15.9 Å². The fourth-order valence-corrected chi connectivity index (χ4v) is 2.75. The number of rotatable bonds is 3. The zero-order valence-electron chi connectivity index (χ0n) is 10.4. The smallest absolute Gasteiger partial charge is 0.265 e. The Morgan fingerprint density at radius 2 is 1.90 bits per heavy atom. The predicted octanol–water partition coefficient (Wildman–Crippen LogP) is -1.32. The Kier molecular flexibility index (Phi) is 3.75. The number of hydrazine groups is 1. The van der Waals surface area contributed by atoms with E-state index in [1.165, 1.54) is 17.0 Å². The largest absolute Gasteiger partial charge is 0.311 e. The van der Waals surface area contributed by atoms with Gasteiger partial charge in [-0.15, -0.1) is 0 Å². The highest BCUT2D eigenvalue weighted by atomic mass is 32.2. The van der Waals surface area contributed by atoms with E-state index in [2.05, 4.69) is 0 Å². The summed E-state index contributed by atoms with van der Waals surface area (Å²) in [5, 5.41) is 4.15. The van der Waals surface area contributed by atoms with E-state index in [9.17, 15) is 18.0 Å². The van der Waals surface area contributed by atoms with E-state index in [0.717, 1.165) is 0 Å². The van der Waals surface area contributed by atoms with Crippen molar-refractivity contribution < 1.29 is 18.0 Å². The second-order valence-corrected chi connectivity index (χ2v) is 6.28. The number of sulfonamides is 1. The molecule has 1 aromatic carbocycles. The summed E-state index contributed by atoms with van der Waals surface area (Å²) in [5.41, 5.74) is 2.84. The molecule has 0 aliphatic carbocycles. The van der Waals surface area contributed by atoms with Crippen molar-refractivity contribution in [2.24, 2.45) is 11.0 Å². The van der Waals surface area contributed by atoms with E-state index >= 15 is 0 Å². The van der Waals surface area contributed by atoms with Crippen molar-refractivity contribution in [2.45, 2.75) is 11.7 Å². The molecule has 1 aliphatic rings. The van der Waals surface area contributed by atoms with Gasteiger partial charge >= 0.3 is 0 Å². The monoisotopic (exact) mass is 298 g/mol. The highest BCUT2D eigenvalue weighted by Gasteiger charge is 2.37. The molecule has 1 heterocycles. The van der Waals surface area contributed by atoms with Crippen LogP contribution in [0.1, 0.15) is 16.8 Å². The molecule has 0 spiro atoms. The molecule has 1 aromatic rings. The molecule has 1 unspecified atom stereocenters. The molecule has 0 bridgehead atoms. The van der Waals surface area contributed by atoms with Crippen molar-refractivity contribution in [3.63, 3.8) is 0 Å². The molecule has 0 saturated carbocycles. The van der Waals surface area contributed by atoms with E-state index in [1.54, 1.807) is 12.1 Å². The molecule has 0 aromatic heterocycles. The van der Waals surface area contributed by atoms with Crippen LogP contribution in [0.3, 0.4) is 0 Å². The molecule has 108 valence electrons. The second kappa shape index (κ2) is 5.19. The first-order chi connectivity index (χ1) is 9.32. The molecular weight excluding hydrogens is 284 g/mol. The van der Waals surface area contributed by atoms with E-state index in [1.807, 2.05) is 5.43 Å². The normalized spacial score (nSPS) is 19.2. The average molecular weight is 298 g/mol. The third kappa shape index (κ3) is 2.79. The molecule has 1 aliphatic heterocycles. The van der Waals surface area contributed by atoms with Crippen LogP contribution in [0.25, 0.3) is 0 Å². The van der Waals surface area contributed by atoms with Crippen molar-refractivity contribution in [1.82, 2.24) is 5.43 Å². The van der Waals surface area contributed by atoms with Crippen LogP contribution < -0.4 is 21.3 Å². The minimum absolute atomic E-state index is 0.0140. The molecule has 9 heteroatoms. The van der Waals surface area contributed by atoms with Gasteiger partial charge in [0.05, 0.1) is 0 Å². The van der Waals surface area contributed by atoms with Gasteiger partial charge in [0.1, 0.15) is 5.25 Å². The fraction of sp³-hybridized carbons (Fsp3) is 0.273. The quantitative estimate of drug-likeness (QED) is 0.361. The van der Waals surface area contributed by atoms with Crippen LogP contribution in [0.2, 0.25) is 0 Å². The summed E-state index contributed by atoms with van der Waals surface area (Å²) in [7, 11) is -3.75. The highest BCUT2D eigenvalue weighted by molar-refractivity contribution is 7.89. The number of nitrogen functional groups attached to an aromatic ring is 1. The SMILES string of the molecule is NNC(=O)c1ccc(N2CC(S(N)(=O)=O)CC2=O)cc1. The number of nitrogens with two attached hydrogens (primary N) is 2. The Balaban J connectivity index is 2.21. The van der Waals surface area contributed by atoms with Crippen molar-refractivity contribution in [1.29, 1.82) is 0 Å². The van der Waals surface area contributed by atoms with Crippen molar-refractivity contribution in [2.75, 3.05) is 11.4 Å². The lowest BCUT2D eigenvalue weighted by molar-refractivity contribution is -0.117. The van der Waals surface area contributed by atoms with Crippen LogP contribution in [-0.2, 0) is 14.8 Å². The number of carbonyl (C=O) groups is 2. The van der Waals surface area contributed by atoms with Crippen LogP contribution in [0.15, 0.2) is 24.3 Å². The van der Waals surface area contributed by atoms with Crippen LogP contribution in [0.5, 0.6) is 0 Å². The van der Waals surface area contributed by atoms with Gasteiger partial charge in [-0.3, -0.25) is 15.0 Å². The number of primary sulfonamides is 1. The summed E-state index contributed by atoms with van der Waals surface area (Å²) >= 11 is 0. The molecule has 1 atom stereocenters. The molecule has 5 N–H and O–H groups in total.